The van der Waals surface area contributed by atoms with Crippen molar-refractivity contribution in [3.63, 3.8) is 0 Å². The number of hydrogen-bond acceptors (Lipinski definition) is 2. The van der Waals surface area contributed by atoms with Gasteiger partial charge in [-0.15, -0.1) is 0 Å². The first-order valence-electron chi connectivity index (χ1n) is 4.75. The van der Waals surface area contributed by atoms with Gasteiger partial charge in [0.2, 0.25) is 0 Å². The Hall–Kier alpha value is -0.970. The number of nitrogens with one attached hydrogen (secondary N) is 1. The van der Waals surface area contributed by atoms with E-state index in [0.29, 0.717) is 28.8 Å². The van der Waals surface area contributed by atoms with Crippen LogP contribution in [0.25, 0.3) is 0 Å². The average molecular weight is 261 g/mol. The molecule has 2 N–H and O–H groups in total. The molecule has 0 spiro atoms. The van der Waals surface area contributed by atoms with E-state index in [0.717, 1.165) is 0 Å². The van der Waals surface area contributed by atoms with Crippen molar-refractivity contribution in [3.8, 4) is 0 Å². The number of carbonyl (C=O) groups is 1. The summed E-state index contributed by atoms with van der Waals surface area (Å²) in [6.07, 6.45) is -0.416. The van der Waals surface area contributed by atoms with E-state index in [1.165, 1.54) is 4.90 Å². The summed E-state index contributed by atoms with van der Waals surface area (Å²) in [7, 11) is 0. The summed E-state index contributed by atoms with van der Waals surface area (Å²) < 4.78 is 0. The van der Waals surface area contributed by atoms with Crippen LogP contribution in [0.2, 0.25) is 10.0 Å². The van der Waals surface area contributed by atoms with E-state index in [4.69, 9.17) is 28.3 Å². The number of urea groups is 1. The van der Waals surface area contributed by atoms with Crippen LogP contribution in [0.15, 0.2) is 18.2 Å². The van der Waals surface area contributed by atoms with Gasteiger partial charge in [-0.05, 0) is 18.2 Å². The quantitative estimate of drug-likeness (QED) is 0.814. The van der Waals surface area contributed by atoms with Gasteiger partial charge in [0.15, 0.2) is 0 Å². The van der Waals surface area contributed by atoms with Gasteiger partial charge in [0.1, 0.15) is 0 Å². The molecular formula is C10H10Cl2N2O2. The number of aliphatic hydroxyl groups is 1. The maximum atomic E-state index is 11.6. The third-order valence-corrected chi connectivity index (χ3v) is 2.88. The van der Waals surface area contributed by atoms with Crippen molar-refractivity contribution in [3.05, 3.63) is 28.2 Å². The highest BCUT2D eigenvalue weighted by Crippen LogP contribution is 2.26. The van der Waals surface area contributed by atoms with Gasteiger partial charge < -0.3 is 15.3 Å². The molecule has 1 aliphatic rings. The van der Waals surface area contributed by atoms with E-state index in [9.17, 15) is 4.79 Å². The number of β-amino-alcohol motifs (C(OH)–C–C–N with tert-alkyl or cyclic N) is 1. The van der Waals surface area contributed by atoms with E-state index in [-0.39, 0.29) is 6.03 Å². The molecule has 1 heterocycles. The highest BCUT2D eigenvalue weighted by molar-refractivity contribution is 6.35. The molecule has 0 aliphatic carbocycles. The Morgan fingerprint density at radius 3 is 2.75 bits per heavy atom. The lowest BCUT2D eigenvalue weighted by atomic mass is 10.2. The van der Waals surface area contributed by atoms with E-state index >= 15 is 0 Å². The standard InChI is InChI=1S/C10H10Cl2N2O2/c11-6-1-2-8(12)9(3-6)13-10(16)14-4-7(15)5-14/h1-3,7,15H,4-5H2,(H,13,16). The number of benzene rings is 1. The van der Waals surface area contributed by atoms with Gasteiger partial charge >= 0.3 is 6.03 Å². The molecule has 6 heteroatoms. The number of aliphatic hydroxyl groups excluding tert-OH is 1. The van der Waals surface area contributed by atoms with Gasteiger partial charge in [-0.3, -0.25) is 0 Å². The van der Waals surface area contributed by atoms with Crippen LogP contribution in [0, 0.1) is 0 Å². The summed E-state index contributed by atoms with van der Waals surface area (Å²) in [5.74, 6) is 0. The second-order valence-electron chi connectivity index (χ2n) is 3.61. The molecule has 1 fully saturated rings. The fraction of sp³-hybridized carbons (Fsp3) is 0.300. The number of rotatable bonds is 1. The zero-order valence-corrected chi connectivity index (χ0v) is 9.79. The molecule has 86 valence electrons. The minimum absolute atomic E-state index is 0.283. The van der Waals surface area contributed by atoms with Crippen LogP contribution >= 0.6 is 23.2 Å². The lowest BCUT2D eigenvalue weighted by Gasteiger charge is -2.35. The molecule has 4 nitrogen and oxygen atoms in total. The second kappa shape index (κ2) is 4.49. The lowest BCUT2D eigenvalue weighted by molar-refractivity contribution is 0.0309. The first kappa shape index (κ1) is 11.5. The predicted molar refractivity (Wildman–Crippen MR) is 63.1 cm³/mol. The maximum Gasteiger partial charge on any atom is 0.322 e. The number of hydrogen-bond donors (Lipinski definition) is 2. The monoisotopic (exact) mass is 260 g/mol. The summed E-state index contributed by atoms with van der Waals surface area (Å²) in [4.78, 5) is 13.1. The number of anilines is 1. The molecule has 1 aliphatic heterocycles. The third-order valence-electron chi connectivity index (χ3n) is 2.32. The van der Waals surface area contributed by atoms with Crippen LogP contribution in [0.1, 0.15) is 0 Å². The molecule has 1 saturated heterocycles. The zero-order valence-electron chi connectivity index (χ0n) is 8.28. The van der Waals surface area contributed by atoms with Crippen molar-refractivity contribution in [2.45, 2.75) is 6.10 Å². The summed E-state index contributed by atoms with van der Waals surface area (Å²) in [5.41, 5.74) is 0.473. The molecule has 0 radical (unpaired) electrons. The van der Waals surface area contributed by atoms with Crippen LogP contribution in [-0.4, -0.2) is 35.2 Å². The number of likely N-dealkylation sites (tertiary alicyclic amines) is 1. The molecule has 0 unspecified atom stereocenters. The Bertz CT molecular complexity index is 419. The fourth-order valence-electron chi connectivity index (χ4n) is 1.41. The normalized spacial score (nSPS) is 15.8. The highest BCUT2D eigenvalue weighted by Gasteiger charge is 2.28. The molecule has 0 saturated carbocycles. The van der Waals surface area contributed by atoms with Gasteiger partial charge in [-0.25, -0.2) is 4.79 Å². The van der Waals surface area contributed by atoms with Gasteiger partial charge in [-0.1, -0.05) is 23.2 Å². The number of carbonyl (C=O) groups excluding carboxylic acids is 1. The van der Waals surface area contributed by atoms with Crippen molar-refractivity contribution in [2.24, 2.45) is 0 Å². The molecule has 0 atom stereocenters. The number of halogens is 2. The van der Waals surface area contributed by atoms with Crippen LogP contribution in [0.4, 0.5) is 10.5 Å². The summed E-state index contributed by atoms with van der Waals surface area (Å²) in [6, 6.07) is 4.56. The van der Waals surface area contributed by atoms with Gasteiger partial charge in [0.25, 0.3) is 0 Å². The molecule has 0 bridgehead atoms. The summed E-state index contributed by atoms with van der Waals surface area (Å²) >= 11 is 11.7. The zero-order chi connectivity index (χ0) is 11.7. The van der Waals surface area contributed by atoms with Crippen LogP contribution in [0.3, 0.4) is 0 Å². The van der Waals surface area contributed by atoms with Crippen molar-refractivity contribution in [1.82, 2.24) is 4.90 Å². The Morgan fingerprint density at radius 1 is 1.44 bits per heavy atom. The summed E-state index contributed by atoms with van der Waals surface area (Å²) in [5, 5.41) is 12.6. The van der Waals surface area contributed by atoms with Crippen LogP contribution < -0.4 is 5.32 Å². The minimum atomic E-state index is -0.416. The summed E-state index contributed by atoms with van der Waals surface area (Å²) in [6.45, 7) is 0.702. The third kappa shape index (κ3) is 2.40. The van der Waals surface area contributed by atoms with Gasteiger partial charge in [-0.2, -0.15) is 0 Å². The number of nitrogens with zero attached hydrogens (tertiary/aromatic N) is 1. The van der Waals surface area contributed by atoms with Crippen molar-refractivity contribution in [2.75, 3.05) is 18.4 Å². The average Bonchev–Trinajstić information content (AvgIpc) is 2.19. The Balaban J connectivity index is 2.03. The molecule has 1 aromatic rings. The van der Waals surface area contributed by atoms with E-state index in [2.05, 4.69) is 5.32 Å². The molecule has 0 aromatic heterocycles. The first-order valence-corrected chi connectivity index (χ1v) is 5.51. The first-order chi connectivity index (χ1) is 7.56. The van der Waals surface area contributed by atoms with Crippen LogP contribution in [0.5, 0.6) is 0 Å². The van der Waals surface area contributed by atoms with E-state index in [1.54, 1.807) is 18.2 Å². The minimum Gasteiger partial charge on any atom is -0.389 e. The second-order valence-corrected chi connectivity index (χ2v) is 4.46. The van der Waals surface area contributed by atoms with Crippen molar-refractivity contribution >= 4 is 34.9 Å². The smallest absolute Gasteiger partial charge is 0.322 e. The predicted octanol–water partition coefficient (Wildman–Crippen LogP) is 2.20. The molecular weight excluding hydrogens is 251 g/mol. The van der Waals surface area contributed by atoms with Crippen molar-refractivity contribution in [1.29, 1.82) is 0 Å². The topological polar surface area (TPSA) is 52.6 Å². The maximum absolute atomic E-state index is 11.6. The molecule has 1 aromatic carbocycles. The highest BCUT2D eigenvalue weighted by atomic mass is 35.5. The van der Waals surface area contributed by atoms with E-state index < -0.39 is 6.10 Å². The molecule has 2 rings (SSSR count). The molecule has 2 amide bonds. The van der Waals surface area contributed by atoms with Gasteiger partial charge in [0.05, 0.1) is 29.9 Å². The van der Waals surface area contributed by atoms with E-state index in [1.807, 2.05) is 0 Å². The Morgan fingerprint density at radius 2 is 2.12 bits per heavy atom. The molecule has 16 heavy (non-hydrogen) atoms. The largest absolute Gasteiger partial charge is 0.389 e. The Labute approximate surface area is 103 Å². The lowest BCUT2D eigenvalue weighted by Crippen LogP contribution is -2.54. The fourth-order valence-corrected chi connectivity index (χ4v) is 1.75. The van der Waals surface area contributed by atoms with Gasteiger partial charge in [0, 0.05) is 5.02 Å². The SMILES string of the molecule is O=C(Nc1cc(Cl)ccc1Cl)N1CC(O)C1. The van der Waals surface area contributed by atoms with Crippen LogP contribution in [-0.2, 0) is 0 Å². The number of amides is 2. The Kier molecular flexibility index (Phi) is 3.23. The van der Waals surface area contributed by atoms with Crippen molar-refractivity contribution < 1.29 is 9.90 Å².